The van der Waals surface area contributed by atoms with Gasteiger partial charge >= 0.3 is 0 Å². The van der Waals surface area contributed by atoms with Crippen LogP contribution in [0.1, 0.15) is 30.9 Å². The van der Waals surface area contributed by atoms with Gasteiger partial charge in [0, 0.05) is 29.3 Å². The number of hydrogen-bond donors (Lipinski definition) is 0. The molecule has 1 saturated carbocycles. The molecule has 0 N–H and O–H groups in total. The lowest BCUT2D eigenvalue weighted by Crippen LogP contribution is -2.08. The number of nitrogens with zero attached hydrogens (tertiary/aromatic N) is 2. The molecule has 1 aliphatic rings. The molecule has 1 aliphatic carbocycles. The van der Waals surface area contributed by atoms with Crippen molar-refractivity contribution in [3.8, 4) is 10.6 Å². The first-order valence-electron chi connectivity index (χ1n) is 5.29. The maximum absolute atomic E-state index is 4.68. The van der Waals surface area contributed by atoms with Crippen molar-refractivity contribution in [1.29, 1.82) is 0 Å². The van der Waals surface area contributed by atoms with Gasteiger partial charge in [-0.25, -0.2) is 4.98 Å². The molecule has 1 fully saturated rings. The topological polar surface area (TPSA) is 25.8 Å². The van der Waals surface area contributed by atoms with Crippen LogP contribution in [0, 0.1) is 0 Å². The quantitative estimate of drug-likeness (QED) is 0.768. The molecule has 0 unspecified atom stereocenters. The molecule has 0 aromatic carbocycles. The third-order valence-corrected chi connectivity index (χ3v) is 3.86. The van der Waals surface area contributed by atoms with Gasteiger partial charge in [0.15, 0.2) is 0 Å². The maximum Gasteiger partial charge on any atom is 0.125 e. The Morgan fingerprint density at radius 3 is 2.93 bits per heavy atom. The molecule has 0 saturated heterocycles. The highest BCUT2D eigenvalue weighted by atomic mass is 32.1. The molecule has 3 heteroatoms. The lowest BCUT2D eigenvalue weighted by Gasteiger charge is -2.22. The molecule has 2 heterocycles. The van der Waals surface area contributed by atoms with Crippen molar-refractivity contribution in [2.24, 2.45) is 0 Å². The Morgan fingerprint density at radius 1 is 1.33 bits per heavy atom. The fourth-order valence-electron chi connectivity index (χ4n) is 1.80. The second kappa shape index (κ2) is 3.74. The van der Waals surface area contributed by atoms with Gasteiger partial charge in [-0.15, -0.1) is 11.3 Å². The van der Waals surface area contributed by atoms with Crippen LogP contribution < -0.4 is 0 Å². The molecule has 0 radical (unpaired) electrons. The zero-order valence-electron chi connectivity index (χ0n) is 8.39. The van der Waals surface area contributed by atoms with E-state index in [2.05, 4.69) is 21.4 Å². The van der Waals surface area contributed by atoms with Crippen LogP contribution in [0.25, 0.3) is 10.6 Å². The standard InChI is InChI=1S/C12H12N2S/c1-3-9(4-1)11-8-15-12(14-11)10-5-2-6-13-7-10/h2,5-9H,1,3-4H2. The van der Waals surface area contributed by atoms with E-state index >= 15 is 0 Å². The maximum atomic E-state index is 4.68. The average molecular weight is 216 g/mol. The summed E-state index contributed by atoms with van der Waals surface area (Å²) in [5, 5.41) is 3.30. The Kier molecular flexibility index (Phi) is 2.25. The second-order valence-corrected chi connectivity index (χ2v) is 4.81. The summed E-state index contributed by atoms with van der Waals surface area (Å²) >= 11 is 1.73. The Balaban J connectivity index is 1.90. The summed E-state index contributed by atoms with van der Waals surface area (Å²) in [6, 6.07) is 4.02. The summed E-state index contributed by atoms with van der Waals surface area (Å²) < 4.78 is 0. The number of pyridine rings is 1. The molecule has 15 heavy (non-hydrogen) atoms. The fraction of sp³-hybridized carbons (Fsp3) is 0.333. The van der Waals surface area contributed by atoms with Crippen LogP contribution in [0.5, 0.6) is 0 Å². The van der Waals surface area contributed by atoms with Gasteiger partial charge in [0.1, 0.15) is 5.01 Å². The van der Waals surface area contributed by atoms with E-state index in [1.54, 1.807) is 17.5 Å². The molecule has 2 nitrogen and oxygen atoms in total. The van der Waals surface area contributed by atoms with E-state index in [4.69, 9.17) is 0 Å². The van der Waals surface area contributed by atoms with Crippen LogP contribution in [-0.4, -0.2) is 9.97 Å². The number of aromatic nitrogens is 2. The predicted octanol–water partition coefficient (Wildman–Crippen LogP) is 3.47. The van der Waals surface area contributed by atoms with Gasteiger partial charge in [-0.2, -0.15) is 0 Å². The molecular formula is C12H12N2S. The van der Waals surface area contributed by atoms with Crippen LogP contribution in [0.15, 0.2) is 29.9 Å². The molecular weight excluding hydrogens is 204 g/mol. The van der Waals surface area contributed by atoms with Gasteiger partial charge in [0.2, 0.25) is 0 Å². The second-order valence-electron chi connectivity index (χ2n) is 3.95. The van der Waals surface area contributed by atoms with Gasteiger partial charge in [-0.3, -0.25) is 4.98 Å². The summed E-state index contributed by atoms with van der Waals surface area (Å²) in [6.07, 6.45) is 7.67. The molecule has 2 aromatic heterocycles. The van der Waals surface area contributed by atoms with Crippen molar-refractivity contribution >= 4 is 11.3 Å². The minimum Gasteiger partial charge on any atom is -0.264 e. The first kappa shape index (κ1) is 9.04. The van der Waals surface area contributed by atoms with E-state index in [1.165, 1.54) is 25.0 Å². The number of thiazole rings is 1. The Labute approximate surface area is 93.0 Å². The van der Waals surface area contributed by atoms with Crippen molar-refractivity contribution < 1.29 is 0 Å². The summed E-state index contributed by atoms with van der Waals surface area (Å²) in [5.41, 5.74) is 2.41. The zero-order chi connectivity index (χ0) is 10.1. The number of rotatable bonds is 2. The lowest BCUT2D eigenvalue weighted by atomic mass is 9.83. The largest absolute Gasteiger partial charge is 0.264 e. The summed E-state index contributed by atoms with van der Waals surface area (Å²) in [6.45, 7) is 0. The van der Waals surface area contributed by atoms with Crippen molar-refractivity contribution in [3.63, 3.8) is 0 Å². The van der Waals surface area contributed by atoms with E-state index in [-0.39, 0.29) is 0 Å². The Hall–Kier alpha value is -1.22. The SMILES string of the molecule is c1cncc(-c2nc(C3CCC3)cs2)c1. The van der Waals surface area contributed by atoms with E-state index in [0.29, 0.717) is 0 Å². The van der Waals surface area contributed by atoms with Gasteiger partial charge in [-0.05, 0) is 25.0 Å². The summed E-state index contributed by atoms with van der Waals surface area (Å²) in [7, 11) is 0. The van der Waals surface area contributed by atoms with Crippen molar-refractivity contribution in [2.45, 2.75) is 25.2 Å². The van der Waals surface area contributed by atoms with E-state index in [1.807, 2.05) is 12.3 Å². The minimum absolute atomic E-state index is 0.728. The van der Waals surface area contributed by atoms with Crippen LogP contribution in [0.2, 0.25) is 0 Å². The normalized spacial score (nSPS) is 16.3. The van der Waals surface area contributed by atoms with Gasteiger partial charge in [0.25, 0.3) is 0 Å². The highest BCUT2D eigenvalue weighted by Gasteiger charge is 2.22. The molecule has 0 atom stereocenters. The first-order valence-corrected chi connectivity index (χ1v) is 6.17. The smallest absolute Gasteiger partial charge is 0.125 e. The zero-order valence-corrected chi connectivity index (χ0v) is 9.20. The number of hydrogen-bond acceptors (Lipinski definition) is 3. The highest BCUT2D eigenvalue weighted by molar-refractivity contribution is 7.13. The Bertz CT molecular complexity index is 446. The Morgan fingerprint density at radius 2 is 2.27 bits per heavy atom. The van der Waals surface area contributed by atoms with Crippen molar-refractivity contribution in [2.75, 3.05) is 0 Å². The third-order valence-electron chi connectivity index (χ3n) is 2.95. The van der Waals surface area contributed by atoms with E-state index < -0.39 is 0 Å². The first-order chi connectivity index (χ1) is 7.43. The van der Waals surface area contributed by atoms with Crippen LogP contribution in [0.3, 0.4) is 0 Å². The monoisotopic (exact) mass is 216 g/mol. The van der Waals surface area contributed by atoms with Crippen molar-refractivity contribution in [3.05, 3.63) is 35.6 Å². The minimum atomic E-state index is 0.728. The molecule has 0 amide bonds. The van der Waals surface area contributed by atoms with Crippen molar-refractivity contribution in [1.82, 2.24) is 9.97 Å². The molecule has 76 valence electrons. The van der Waals surface area contributed by atoms with Gasteiger partial charge < -0.3 is 0 Å². The van der Waals surface area contributed by atoms with Crippen LogP contribution in [0.4, 0.5) is 0 Å². The van der Waals surface area contributed by atoms with E-state index in [9.17, 15) is 0 Å². The van der Waals surface area contributed by atoms with Crippen LogP contribution in [-0.2, 0) is 0 Å². The highest BCUT2D eigenvalue weighted by Crippen LogP contribution is 2.38. The van der Waals surface area contributed by atoms with Gasteiger partial charge in [0.05, 0.1) is 5.69 Å². The van der Waals surface area contributed by atoms with Crippen LogP contribution >= 0.6 is 11.3 Å². The average Bonchev–Trinajstić information content (AvgIpc) is 2.66. The molecule has 0 spiro atoms. The molecule has 2 aromatic rings. The third kappa shape index (κ3) is 1.67. The fourth-order valence-corrected chi connectivity index (χ4v) is 2.69. The lowest BCUT2D eigenvalue weighted by molar-refractivity contribution is 0.413. The summed E-state index contributed by atoms with van der Waals surface area (Å²) in [5.74, 6) is 0.728. The molecule has 0 aliphatic heterocycles. The summed E-state index contributed by atoms with van der Waals surface area (Å²) in [4.78, 5) is 8.80. The predicted molar refractivity (Wildman–Crippen MR) is 61.9 cm³/mol. The molecule has 3 rings (SSSR count). The molecule has 0 bridgehead atoms. The van der Waals surface area contributed by atoms with Gasteiger partial charge in [-0.1, -0.05) is 6.42 Å². The van der Waals surface area contributed by atoms with E-state index in [0.717, 1.165) is 16.5 Å².